The number of nitrogen functional groups attached to an aromatic ring is 2. The smallest absolute Gasteiger partial charge is 0.132 e. The molecule has 4 heteroatoms. The van der Waals surface area contributed by atoms with E-state index in [2.05, 4.69) is 9.97 Å². The minimum atomic E-state index is 0.534. The van der Waals surface area contributed by atoms with Gasteiger partial charge < -0.3 is 11.5 Å². The highest BCUT2D eigenvalue weighted by atomic mass is 14.9. The molecule has 0 aliphatic rings. The van der Waals surface area contributed by atoms with Crippen LogP contribution in [0.5, 0.6) is 0 Å². The van der Waals surface area contributed by atoms with Crippen LogP contribution in [-0.4, -0.2) is 9.97 Å². The van der Waals surface area contributed by atoms with E-state index in [9.17, 15) is 0 Å². The fraction of sp³-hybridized carbons (Fsp3) is 0. The molecular formula is C14H10N4. The third-order valence-electron chi connectivity index (χ3n) is 3.37. The van der Waals surface area contributed by atoms with E-state index in [4.69, 9.17) is 11.5 Å². The molecule has 0 unspecified atom stereocenters. The maximum Gasteiger partial charge on any atom is 0.132 e. The molecule has 86 valence electrons. The highest BCUT2D eigenvalue weighted by Crippen LogP contribution is 2.36. The number of nitrogens with zero attached hydrogens (tertiary/aromatic N) is 2. The zero-order valence-electron chi connectivity index (χ0n) is 9.51. The molecule has 0 aliphatic heterocycles. The Morgan fingerprint density at radius 2 is 1.11 bits per heavy atom. The number of aromatic nitrogens is 2. The van der Waals surface area contributed by atoms with Crippen LogP contribution in [0.3, 0.4) is 0 Å². The topological polar surface area (TPSA) is 77.8 Å². The van der Waals surface area contributed by atoms with Crippen LogP contribution in [-0.2, 0) is 0 Å². The lowest BCUT2D eigenvalue weighted by Crippen LogP contribution is -1.99. The van der Waals surface area contributed by atoms with Gasteiger partial charge in [-0.15, -0.1) is 0 Å². The molecule has 0 spiro atoms. The van der Waals surface area contributed by atoms with Crippen LogP contribution >= 0.6 is 0 Å². The lowest BCUT2D eigenvalue weighted by molar-refractivity contribution is 1.41. The van der Waals surface area contributed by atoms with Crippen molar-refractivity contribution in [2.75, 3.05) is 11.5 Å². The molecule has 0 atom stereocenters. The van der Waals surface area contributed by atoms with Gasteiger partial charge in [-0.25, -0.2) is 9.97 Å². The van der Waals surface area contributed by atoms with E-state index in [-0.39, 0.29) is 0 Å². The summed E-state index contributed by atoms with van der Waals surface area (Å²) in [5, 5.41) is 3.96. The van der Waals surface area contributed by atoms with Gasteiger partial charge >= 0.3 is 0 Å². The van der Waals surface area contributed by atoms with E-state index in [0.717, 1.165) is 32.6 Å². The maximum absolute atomic E-state index is 6.01. The molecule has 4 N–H and O–H groups in total. The molecular weight excluding hydrogens is 224 g/mol. The second kappa shape index (κ2) is 2.98. The van der Waals surface area contributed by atoms with Gasteiger partial charge in [0.1, 0.15) is 11.6 Å². The first kappa shape index (κ1) is 9.41. The van der Waals surface area contributed by atoms with Crippen LogP contribution in [0.1, 0.15) is 0 Å². The standard InChI is InChI=1S/C14H10N4/c15-13-7-3-1-5-9-11(7)12-8(14(16)17-9)4-2-6-10(12)18-13/h1-6H,(H2,16,17)(H2,15,18). The van der Waals surface area contributed by atoms with Gasteiger partial charge in [0.25, 0.3) is 0 Å². The van der Waals surface area contributed by atoms with Gasteiger partial charge in [0.2, 0.25) is 0 Å². The van der Waals surface area contributed by atoms with Gasteiger partial charge in [-0.2, -0.15) is 0 Å². The predicted molar refractivity (Wildman–Crippen MR) is 74.6 cm³/mol. The summed E-state index contributed by atoms with van der Waals surface area (Å²) in [5.41, 5.74) is 13.7. The van der Waals surface area contributed by atoms with Crippen LogP contribution in [0.4, 0.5) is 11.6 Å². The van der Waals surface area contributed by atoms with Crippen LogP contribution in [0, 0.1) is 0 Å². The lowest BCUT2D eigenvalue weighted by Gasteiger charge is -2.12. The number of rotatable bonds is 0. The summed E-state index contributed by atoms with van der Waals surface area (Å²) in [7, 11) is 0. The Kier molecular flexibility index (Phi) is 1.56. The fourth-order valence-corrected chi connectivity index (χ4v) is 2.60. The molecule has 18 heavy (non-hydrogen) atoms. The van der Waals surface area contributed by atoms with Crippen LogP contribution in [0.2, 0.25) is 0 Å². The zero-order valence-corrected chi connectivity index (χ0v) is 9.51. The van der Waals surface area contributed by atoms with Crippen molar-refractivity contribution in [1.82, 2.24) is 9.97 Å². The van der Waals surface area contributed by atoms with E-state index >= 15 is 0 Å². The summed E-state index contributed by atoms with van der Waals surface area (Å²) in [6.07, 6.45) is 0. The van der Waals surface area contributed by atoms with Gasteiger partial charge in [0.15, 0.2) is 0 Å². The summed E-state index contributed by atoms with van der Waals surface area (Å²) in [4.78, 5) is 8.88. The van der Waals surface area contributed by atoms with Crippen molar-refractivity contribution in [2.24, 2.45) is 0 Å². The minimum absolute atomic E-state index is 0.534. The molecule has 2 aromatic carbocycles. The molecule has 0 saturated heterocycles. The number of pyridine rings is 2. The molecule has 0 amide bonds. The van der Waals surface area contributed by atoms with Gasteiger partial charge in [-0.1, -0.05) is 24.3 Å². The third-order valence-corrected chi connectivity index (χ3v) is 3.37. The van der Waals surface area contributed by atoms with Crippen molar-refractivity contribution in [3.8, 4) is 0 Å². The molecule has 4 aromatic rings. The summed E-state index contributed by atoms with van der Waals surface area (Å²) in [5.74, 6) is 1.07. The Balaban J connectivity index is 2.50. The minimum Gasteiger partial charge on any atom is -0.383 e. The predicted octanol–water partition coefficient (Wildman–Crippen LogP) is 2.54. The number of hydrogen-bond acceptors (Lipinski definition) is 4. The van der Waals surface area contributed by atoms with E-state index in [1.807, 2.05) is 36.4 Å². The van der Waals surface area contributed by atoms with Crippen molar-refractivity contribution >= 4 is 44.2 Å². The van der Waals surface area contributed by atoms with E-state index in [0.29, 0.717) is 11.6 Å². The molecule has 0 aliphatic carbocycles. The number of benzene rings is 2. The third kappa shape index (κ3) is 0.996. The zero-order chi connectivity index (χ0) is 12.3. The highest BCUT2D eigenvalue weighted by Gasteiger charge is 2.13. The van der Waals surface area contributed by atoms with Crippen molar-refractivity contribution in [2.45, 2.75) is 0 Å². The van der Waals surface area contributed by atoms with Crippen LogP contribution in [0.25, 0.3) is 32.6 Å². The number of hydrogen-bond donors (Lipinski definition) is 2. The Morgan fingerprint density at radius 1 is 0.667 bits per heavy atom. The molecule has 2 heterocycles. The SMILES string of the molecule is Nc1nc2cccc3c(N)nc4cccc1c4c23. The molecule has 4 rings (SSSR count). The molecule has 4 nitrogen and oxygen atoms in total. The van der Waals surface area contributed by atoms with Crippen molar-refractivity contribution in [1.29, 1.82) is 0 Å². The summed E-state index contributed by atoms with van der Waals surface area (Å²) in [6, 6.07) is 11.7. The van der Waals surface area contributed by atoms with E-state index < -0.39 is 0 Å². The van der Waals surface area contributed by atoms with Crippen molar-refractivity contribution < 1.29 is 0 Å². The average Bonchev–Trinajstić information content (AvgIpc) is 2.38. The van der Waals surface area contributed by atoms with Crippen molar-refractivity contribution in [3.05, 3.63) is 36.4 Å². The average molecular weight is 234 g/mol. The quantitative estimate of drug-likeness (QED) is 0.458. The molecule has 2 aromatic heterocycles. The molecule has 0 saturated carbocycles. The highest BCUT2D eigenvalue weighted by molar-refractivity contribution is 6.24. The normalized spacial score (nSPS) is 11.8. The first-order chi connectivity index (χ1) is 8.75. The van der Waals surface area contributed by atoms with Gasteiger partial charge in [-0.05, 0) is 12.1 Å². The number of nitrogens with two attached hydrogens (primary N) is 2. The number of anilines is 2. The van der Waals surface area contributed by atoms with Crippen molar-refractivity contribution in [3.63, 3.8) is 0 Å². The Bertz CT molecular complexity index is 822. The lowest BCUT2D eigenvalue weighted by atomic mass is 10.0. The molecule has 0 radical (unpaired) electrons. The van der Waals surface area contributed by atoms with Gasteiger partial charge in [0.05, 0.1) is 11.0 Å². The summed E-state index contributed by atoms with van der Waals surface area (Å²) in [6.45, 7) is 0. The van der Waals surface area contributed by atoms with Crippen LogP contribution < -0.4 is 11.5 Å². The van der Waals surface area contributed by atoms with Gasteiger partial charge in [0, 0.05) is 21.5 Å². The first-order valence-corrected chi connectivity index (χ1v) is 5.71. The van der Waals surface area contributed by atoms with Gasteiger partial charge in [-0.3, -0.25) is 0 Å². The second-order valence-electron chi connectivity index (χ2n) is 4.39. The molecule has 0 bridgehead atoms. The summed E-state index contributed by atoms with van der Waals surface area (Å²) >= 11 is 0. The largest absolute Gasteiger partial charge is 0.383 e. The maximum atomic E-state index is 6.01. The summed E-state index contributed by atoms with van der Waals surface area (Å²) < 4.78 is 0. The first-order valence-electron chi connectivity index (χ1n) is 5.71. The molecule has 0 fully saturated rings. The Labute approximate surface area is 103 Å². The Morgan fingerprint density at radius 3 is 1.56 bits per heavy atom. The van der Waals surface area contributed by atoms with E-state index in [1.54, 1.807) is 0 Å². The fourth-order valence-electron chi connectivity index (χ4n) is 2.60. The Hall–Kier alpha value is -2.62. The van der Waals surface area contributed by atoms with E-state index in [1.165, 1.54) is 0 Å². The second-order valence-corrected chi connectivity index (χ2v) is 4.39. The van der Waals surface area contributed by atoms with Crippen LogP contribution in [0.15, 0.2) is 36.4 Å². The monoisotopic (exact) mass is 234 g/mol.